The number of aliphatic hydroxyl groups excluding tert-OH is 1. The number of hydrogen-bond donors (Lipinski definition) is 2. The number of aliphatic hydroxyl groups is 1. The fraction of sp³-hybridized carbons (Fsp3) is 0.385. The van der Waals surface area contributed by atoms with Crippen molar-refractivity contribution in [2.75, 3.05) is 0 Å². The van der Waals surface area contributed by atoms with Gasteiger partial charge in [0.25, 0.3) is 0 Å². The highest BCUT2D eigenvalue weighted by Crippen LogP contribution is 2.47. The molecule has 2 aliphatic rings. The van der Waals surface area contributed by atoms with Gasteiger partial charge in [-0.05, 0) is 13.0 Å². The first kappa shape index (κ1) is 14.0. The van der Waals surface area contributed by atoms with Gasteiger partial charge < -0.3 is 15.1 Å². The molecule has 21 heavy (non-hydrogen) atoms. The number of carboxylic acid groups (broad SMARTS) is 1. The molecule has 0 saturated carbocycles. The van der Waals surface area contributed by atoms with Gasteiger partial charge in [0.2, 0.25) is 5.91 Å². The number of β-lactam (4-membered cyclic amide) rings is 1. The number of carbonyl (C=O) groups excluding carboxylic acids is 1. The molecule has 1 amide bonds. The molecule has 0 bridgehead atoms. The molecule has 3 atom stereocenters. The summed E-state index contributed by atoms with van der Waals surface area (Å²) in [5.74, 6) is -2.01. The van der Waals surface area contributed by atoms with Crippen LogP contribution in [0, 0.1) is 5.92 Å². The van der Waals surface area contributed by atoms with E-state index >= 15 is 0 Å². The Morgan fingerprint density at radius 3 is 2.71 bits per heavy atom. The first-order chi connectivity index (χ1) is 10.0. The molecule has 3 rings (SSSR count). The number of fused-ring (bicyclic) bond motifs is 1. The van der Waals surface area contributed by atoms with Gasteiger partial charge in [0, 0.05) is 23.7 Å². The molecule has 2 aliphatic heterocycles. The molecule has 0 radical (unpaired) electrons. The number of carboxylic acids is 1. The van der Waals surface area contributed by atoms with Crippen LogP contribution in [0.5, 0.6) is 0 Å². The quantitative estimate of drug-likeness (QED) is 0.615. The average Bonchev–Trinajstić information content (AvgIpc) is 2.74. The molecular weight excluding hydrogens is 294 g/mol. The summed E-state index contributed by atoms with van der Waals surface area (Å²) in [5.41, 5.74) is -0.0145. The molecule has 7 nitrogen and oxygen atoms in total. The lowest BCUT2D eigenvalue weighted by molar-refractivity contribution is -0.161. The number of hydrogen-bond acceptors (Lipinski definition) is 6. The monoisotopic (exact) mass is 307 g/mol. The summed E-state index contributed by atoms with van der Waals surface area (Å²) in [7, 11) is 0. The molecule has 1 aromatic rings. The fourth-order valence-corrected chi connectivity index (χ4v) is 3.75. The molecule has 0 unspecified atom stereocenters. The van der Waals surface area contributed by atoms with Crippen LogP contribution in [0.25, 0.3) is 0 Å². The second-order valence-corrected chi connectivity index (χ2v) is 6.02. The van der Waals surface area contributed by atoms with Crippen molar-refractivity contribution >= 4 is 23.6 Å². The molecule has 0 spiro atoms. The molecule has 1 aromatic heterocycles. The topological polar surface area (TPSA) is 104 Å². The Bertz CT molecular complexity index is 632. The normalized spacial score (nSPS) is 25.6. The summed E-state index contributed by atoms with van der Waals surface area (Å²) < 4.78 is 0. The van der Waals surface area contributed by atoms with Crippen LogP contribution in [0.1, 0.15) is 13.3 Å². The van der Waals surface area contributed by atoms with Crippen molar-refractivity contribution in [2.45, 2.75) is 30.6 Å². The highest BCUT2D eigenvalue weighted by atomic mass is 32.2. The van der Waals surface area contributed by atoms with E-state index in [9.17, 15) is 19.8 Å². The lowest BCUT2D eigenvalue weighted by Crippen LogP contribution is -2.61. The van der Waals surface area contributed by atoms with Crippen molar-refractivity contribution in [3.05, 3.63) is 29.1 Å². The van der Waals surface area contributed by atoms with E-state index in [2.05, 4.69) is 9.97 Å². The van der Waals surface area contributed by atoms with Gasteiger partial charge in [-0.1, -0.05) is 11.8 Å². The number of rotatable bonds is 4. The Morgan fingerprint density at radius 1 is 1.48 bits per heavy atom. The molecule has 8 heteroatoms. The molecule has 2 N–H and O–H groups in total. The van der Waals surface area contributed by atoms with E-state index < -0.39 is 18.0 Å². The summed E-state index contributed by atoms with van der Waals surface area (Å²) in [5, 5.41) is 19.4. The van der Waals surface area contributed by atoms with Crippen molar-refractivity contribution in [3.8, 4) is 0 Å². The first-order valence-corrected chi connectivity index (χ1v) is 7.24. The zero-order chi connectivity index (χ0) is 15.1. The van der Waals surface area contributed by atoms with E-state index in [0.717, 1.165) is 11.8 Å². The Balaban J connectivity index is 1.89. The second-order valence-electron chi connectivity index (χ2n) is 4.96. The van der Waals surface area contributed by atoms with E-state index in [1.807, 2.05) is 0 Å². The number of aliphatic carboxylic acids is 1. The predicted molar refractivity (Wildman–Crippen MR) is 73.0 cm³/mol. The molecule has 1 fully saturated rings. The van der Waals surface area contributed by atoms with Crippen LogP contribution in [-0.4, -0.2) is 49.1 Å². The van der Waals surface area contributed by atoms with Crippen LogP contribution < -0.4 is 0 Å². The molecule has 0 aliphatic carbocycles. The van der Waals surface area contributed by atoms with Crippen molar-refractivity contribution in [1.82, 2.24) is 14.9 Å². The maximum atomic E-state index is 12.0. The van der Waals surface area contributed by atoms with Gasteiger partial charge in [0.1, 0.15) is 5.70 Å². The van der Waals surface area contributed by atoms with Crippen molar-refractivity contribution in [2.24, 2.45) is 5.92 Å². The van der Waals surface area contributed by atoms with E-state index in [1.54, 1.807) is 25.4 Å². The summed E-state index contributed by atoms with van der Waals surface area (Å²) in [6.07, 6.45) is 2.77. The van der Waals surface area contributed by atoms with E-state index in [-0.39, 0.29) is 17.6 Å². The maximum Gasteiger partial charge on any atom is 0.353 e. The minimum absolute atomic E-state index is 0.0145. The summed E-state index contributed by atoms with van der Waals surface area (Å²) >= 11 is 1.15. The third kappa shape index (κ3) is 2.20. The fourth-order valence-electron chi connectivity index (χ4n) is 2.77. The van der Waals surface area contributed by atoms with Gasteiger partial charge in [-0.15, -0.1) is 0 Å². The Morgan fingerprint density at radius 2 is 2.14 bits per heavy atom. The molecular formula is C13H13N3O4S. The van der Waals surface area contributed by atoms with Crippen LogP contribution in [0.4, 0.5) is 0 Å². The van der Waals surface area contributed by atoms with Crippen LogP contribution in [-0.2, 0) is 9.59 Å². The standard InChI is InChI=1S/C13H13N3O4S/c1-6(17)9-7-5-8(21-13-14-3-2-4-15-13)10(12(19)20)16(7)11(9)18/h2-4,6-7,9,17H,5H2,1H3,(H,19,20)/t6-,7-,9-/m1/s1. The Hall–Kier alpha value is -1.93. The lowest BCUT2D eigenvalue weighted by atomic mass is 9.83. The van der Waals surface area contributed by atoms with Crippen molar-refractivity contribution in [1.29, 1.82) is 0 Å². The number of aromatic nitrogens is 2. The number of carbonyl (C=O) groups is 2. The lowest BCUT2D eigenvalue weighted by Gasteiger charge is -2.44. The molecule has 0 aromatic carbocycles. The highest BCUT2D eigenvalue weighted by Gasteiger charge is 2.56. The van der Waals surface area contributed by atoms with Crippen LogP contribution in [0.2, 0.25) is 0 Å². The molecule has 110 valence electrons. The van der Waals surface area contributed by atoms with Crippen molar-refractivity contribution < 1.29 is 19.8 Å². The minimum atomic E-state index is -1.15. The third-order valence-electron chi connectivity index (χ3n) is 3.65. The Labute approximate surface area is 124 Å². The number of nitrogens with zero attached hydrogens (tertiary/aromatic N) is 3. The van der Waals surface area contributed by atoms with Crippen LogP contribution >= 0.6 is 11.8 Å². The van der Waals surface area contributed by atoms with Gasteiger partial charge in [0.15, 0.2) is 5.16 Å². The smallest absolute Gasteiger partial charge is 0.353 e. The first-order valence-electron chi connectivity index (χ1n) is 6.43. The van der Waals surface area contributed by atoms with Crippen LogP contribution in [0.3, 0.4) is 0 Å². The van der Waals surface area contributed by atoms with E-state index in [4.69, 9.17) is 0 Å². The van der Waals surface area contributed by atoms with Gasteiger partial charge in [0.05, 0.1) is 18.1 Å². The summed E-state index contributed by atoms with van der Waals surface area (Å²) in [4.78, 5) is 33.4. The van der Waals surface area contributed by atoms with Gasteiger partial charge in [-0.2, -0.15) is 0 Å². The number of amides is 1. The molecule has 1 saturated heterocycles. The van der Waals surface area contributed by atoms with Crippen molar-refractivity contribution in [3.63, 3.8) is 0 Å². The zero-order valence-corrected chi connectivity index (χ0v) is 11.9. The third-order valence-corrected chi connectivity index (χ3v) is 4.65. The van der Waals surface area contributed by atoms with E-state index in [0.29, 0.717) is 16.5 Å². The maximum absolute atomic E-state index is 12.0. The van der Waals surface area contributed by atoms with Gasteiger partial charge in [-0.3, -0.25) is 4.79 Å². The van der Waals surface area contributed by atoms with Gasteiger partial charge in [-0.25, -0.2) is 14.8 Å². The largest absolute Gasteiger partial charge is 0.477 e. The minimum Gasteiger partial charge on any atom is -0.477 e. The van der Waals surface area contributed by atoms with E-state index in [1.165, 1.54) is 4.90 Å². The van der Waals surface area contributed by atoms with Crippen LogP contribution in [0.15, 0.2) is 34.2 Å². The molecule has 3 heterocycles. The second kappa shape index (κ2) is 5.12. The summed E-state index contributed by atoms with van der Waals surface area (Å²) in [6.45, 7) is 1.55. The summed E-state index contributed by atoms with van der Waals surface area (Å²) in [6, 6.07) is 1.39. The number of thioether (sulfide) groups is 1. The average molecular weight is 307 g/mol. The zero-order valence-electron chi connectivity index (χ0n) is 11.1. The SMILES string of the molecule is C[C@@H](O)[C@H]1C(=O)N2C(C(=O)O)=C(Sc3ncccn3)C[C@H]12. The highest BCUT2D eigenvalue weighted by molar-refractivity contribution is 8.03. The Kier molecular flexibility index (Phi) is 3.42. The van der Waals surface area contributed by atoms with Gasteiger partial charge >= 0.3 is 5.97 Å². The predicted octanol–water partition coefficient (Wildman–Crippen LogP) is 0.476.